The number of hydrogen-bond donors (Lipinski definition) is 2. The Kier molecular flexibility index (Phi) is 8.19. The molecule has 0 amide bonds. The van der Waals surface area contributed by atoms with E-state index in [4.69, 9.17) is 6.57 Å². The maximum absolute atomic E-state index is 14.1. The molecule has 0 aliphatic carbocycles. The Morgan fingerprint density at radius 2 is 1.06 bits per heavy atom. The zero-order chi connectivity index (χ0) is 32.9. The number of pyridine rings is 2. The Balaban J connectivity index is 1.69. The van der Waals surface area contributed by atoms with Crippen molar-refractivity contribution in [2.45, 2.75) is 0 Å². The predicted molar refractivity (Wildman–Crippen MR) is 182 cm³/mol. The first-order chi connectivity index (χ1) is 23.0. The molecule has 8 nitrogen and oxygen atoms in total. The van der Waals surface area contributed by atoms with Crippen molar-refractivity contribution in [1.82, 2.24) is 9.13 Å². The second-order valence-electron chi connectivity index (χ2n) is 10.3. The first-order valence-corrected chi connectivity index (χ1v) is 14.4. The summed E-state index contributed by atoms with van der Waals surface area (Å²) in [7, 11) is 0. The summed E-state index contributed by atoms with van der Waals surface area (Å²) in [5, 5.41) is 33.0. The van der Waals surface area contributed by atoms with Crippen molar-refractivity contribution < 1.29 is 10.2 Å². The van der Waals surface area contributed by atoms with Crippen LogP contribution in [0.25, 0.3) is 50.6 Å². The fraction of sp³-hybridized carbons (Fsp3) is 0. The maximum Gasteiger partial charge on any atom is 0.276 e. The molecule has 224 valence electrons. The minimum absolute atomic E-state index is 0.0535. The van der Waals surface area contributed by atoms with Crippen LogP contribution >= 0.6 is 0 Å². The van der Waals surface area contributed by atoms with Crippen LogP contribution in [0.5, 0.6) is 11.8 Å². The quantitative estimate of drug-likeness (QED) is 0.150. The highest BCUT2D eigenvalue weighted by molar-refractivity contribution is 5.90. The van der Waals surface area contributed by atoms with Gasteiger partial charge in [-0.1, -0.05) is 97.1 Å². The summed E-state index contributed by atoms with van der Waals surface area (Å²) in [5.74, 6) is -0.939. The molecule has 8 heteroatoms. The van der Waals surface area contributed by atoms with E-state index in [1.54, 1.807) is 121 Å². The number of rotatable bonds is 6. The number of benzene rings is 4. The van der Waals surface area contributed by atoms with Gasteiger partial charge in [0.25, 0.3) is 16.8 Å². The normalized spacial score (nSPS) is 10.3. The average molecular weight is 613 g/mol. The third-order valence-electron chi connectivity index (χ3n) is 7.58. The van der Waals surface area contributed by atoms with Gasteiger partial charge in [-0.15, -0.1) is 5.73 Å². The number of aromatic hydroxyl groups is 2. The second-order valence-corrected chi connectivity index (χ2v) is 10.3. The van der Waals surface area contributed by atoms with Crippen LogP contribution in [-0.4, -0.2) is 19.3 Å². The summed E-state index contributed by atoms with van der Waals surface area (Å²) in [6.45, 7) is 7.95. The zero-order valence-electron chi connectivity index (χ0n) is 24.7. The van der Waals surface area contributed by atoms with Gasteiger partial charge < -0.3 is 10.2 Å². The summed E-state index contributed by atoms with van der Waals surface area (Å²) in [5.41, 5.74) is 3.66. The van der Waals surface area contributed by atoms with Crippen molar-refractivity contribution in [3.63, 3.8) is 0 Å². The van der Waals surface area contributed by atoms with Crippen LogP contribution in [0.4, 0.5) is 5.69 Å². The van der Waals surface area contributed by atoms with E-state index in [1.807, 2.05) is 6.07 Å². The Morgan fingerprint density at radius 1 is 0.617 bits per heavy atom. The highest BCUT2D eigenvalue weighted by Gasteiger charge is 2.24. The SMILES string of the molecule is [C-]#[N+]c1c(-c2ccccc2)c(C=C=Cc2c(-c3ccccc3)c(C#N)c(=O)n(-c3ccccc3)c2O)c(=O)n(-c2ccccc2)c1O. The molecule has 0 unspecified atom stereocenters. The van der Waals surface area contributed by atoms with Crippen LogP contribution in [0.2, 0.25) is 0 Å². The number of nitriles is 1. The standard InChI is InChI=1S/C39H24N4O4/c1-41-35-34(27-17-8-3-9-18-27)31(37(45)43(39(35)47)29-21-12-5-13-22-29)24-14-23-30-33(26-15-6-2-7-16-26)32(25-40)38(46)42(36(30)44)28-19-10-4-11-20-28/h2-13,15-24,44,47H. The molecule has 0 bridgehead atoms. The molecular formula is C39H24N4O4. The molecule has 6 aromatic rings. The topological polar surface area (TPSA) is 113 Å². The van der Waals surface area contributed by atoms with Crippen molar-refractivity contribution in [3.8, 4) is 51.5 Å². The first kappa shape index (κ1) is 29.9. The number of para-hydroxylation sites is 2. The minimum Gasteiger partial charge on any atom is -0.502 e. The molecule has 0 saturated heterocycles. The highest BCUT2D eigenvalue weighted by Crippen LogP contribution is 2.40. The van der Waals surface area contributed by atoms with Gasteiger partial charge >= 0.3 is 0 Å². The number of hydrogen-bond acceptors (Lipinski definition) is 5. The molecule has 0 saturated carbocycles. The summed E-state index contributed by atoms with van der Waals surface area (Å²) in [6.07, 6.45) is 2.76. The molecule has 0 fully saturated rings. The maximum atomic E-state index is 14.1. The van der Waals surface area contributed by atoms with Crippen molar-refractivity contribution in [2.75, 3.05) is 0 Å². The van der Waals surface area contributed by atoms with Crippen molar-refractivity contribution in [1.29, 1.82) is 5.26 Å². The van der Waals surface area contributed by atoms with Gasteiger partial charge in [-0.2, -0.15) is 5.26 Å². The van der Waals surface area contributed by atoms with Crippen LogP contribution in [0.3, 0.4) is 0 Å². The van der Waals surface area contributed by atoms with Gasteiger partial charge in [-0.3, -0.25) is 14.2 Å². The highest BCUT2D eigenvalue weighted by atomic mass is 16.3. The molecule has 0 aliphatic heterocycles. The fourth-order valence-electron chi connectivity index (χ4n) is 5.47. The second kappa shape index (κ2) is 12.9. The molecule has 2 aromatic heterocycles. The van der Waals surface area contributed by atoms with Crippen LogP contribution < -0.4 is 11.1 Å². The van der Waals surface area contributed by atoms with E-state index < -0.39 is 22.9 Å². The lowest BCUT2D eigenvalue weighted by atomic mass is 9.95. The monoisotopic (exact) mass is 612 g/mol. The zero-order valence-corrected chi connectivity index (χ0v) is 24.7. The van der Waals surface area contributed by atoms with Gasteiger partial charge in [0.1, 0.15) is 11.6 Å². The molecule has 6 rings (SSSR count). The average Bonchev–Trinajstić information content (AvgIpc) is 3.11. The van der Waals surface area contributed by atoms with Gasteiger partial charge in [-0.25, -0.2) is 9.41 Å². The molecule has 47 heavy (non-hydrogen) atoms. The molecular weight excluding hydrogens is 588 g/mol. The van der Waals surface area contributed by atoms with Gasteiger partial charge in [-0.05, 0) is 47.5 Å². The van der Waals surface area contributed by atoms with E-state index in [-0.39, 0.29) is 33.5 Å². The van der Waals surface area contributed by atoms with Crippen LogP contribution in [0.15, 0.2) is 137 Å². The minimum atomic E-state index is -0.700. The molecule has 0 atom stereocenters. The van der Waals surface area contributed by atoms with E-state index in [1.165, 1.54) is 12.2 Å². The molecule has 0 aliphatic rings. The lowest BCUT2D eigenvalue weighted by molar-refractivity contribution is 0.434. The van der Waals surface area contributed by atoms with Crippen molar-refractivity contribution in [2.24, 2.45) is 0 Å². The van der Waals surface area contributed by atoms with Gasteiger partial charge in [0.05, 0.1) is 23.5 Å². The lowest BCUT2D eigenvalue weighted by Gasteiger charge is -2.16. The Hall–Kier alpha value is -7.12. The molecule has 4 aromatic carbocycles. The summed E-state index contributed by atoms with van der Waals surface area (Å²) >= 11 is 0. The van der Waals surface area contributed by atoms with Gasteiger partial charge in [0.2, 0.25) is 11.8 Å². The summed E-state index contributed by atoms with van der Waals surface area (Å²) in [4.78, 5) is 31.4. The van der Waals surface area contributed by atoms with Crippen molar-refractivity contribution in [3.05, 3.63) is 176 Å². The first-order valence-electron chi connectivity index (χ1n) is 14.4. The summed E-state index contributed by atoms with van der Waals surface area (Å²) < 4.78 is 2.11. The van der Waals surface area contributed by atoms with E-state index in [2.05, 4.69) is 10.6 Å². The van der Waals surface area contributed by atoms with E-state index in [9.17, 15) is 25.1 Å². The molecule has 0 spiro atoms. The van der Waals surface area contributed by atoms with Gasteiger partial charge in [0.15, 0.2) is 0 Å². The van der Waals surface area contributed by atoms with E-state index in [0.717, 1.165) is 9.13 Å². The third kappa shape index (κ3) is 5.41. The molecule has 2 N–H and O–H groups in total. The van der Waals surface area contributed by atoms with Gasteiger partial charge in [0, 0.05) is 16.7 Å². The Labute approximate surface area is 269 Å². The van der Waals surface area contributed by atoms with Crippen molar-refractivity contribution >= 4 is 17.8 Å². The molecule has 0 radical (unpaired) electrons. The van der Waals surface area contributed by atoms with Crippen LogP contribution in [0.1, 0.15) is 16.7 Å². The van der Waals surface area contributed by atoms with E-state index in [0.29, 0.717) is 22.5 Å². The van der Waals surface area contributed by atoms with E-state index >= 15 is 0 Å². The summed E-state index contributed by atoms with van der Waals surface area (Å²) in [6, 6.07) is 36.4. The van der Waals surface area contributed by atoms with Crippen LogP contribution in [0, 0.1) is 17.9 Å². The largest absolute Gasteiger partial charge is 0.502 e. The lowest BCUT2D eigenvalue weighted by Crippen LogP contribution is -2.23. The smallest absolute Gasteiger partial charge is 0.276 e. The fourth-order valence-corrected chi connectivity index (χ4v) is 5.47. The Morgan fingerprint density at radius 3 is 1.55 bits per heavy atom. The third-order valence-corrected chi connectivity index (χ3v) is 7.58. The Bertz CT molecular complexity index is 2400. The van der Waals surface area contributed by atoms with Crippen LogP contribution in [-0.2, 0) is 0 Å². The number of aromatic nitrogens is 2. The number of nitrogens with zero attached hydrogens (tertiary/aromatic N) is 4. The predicted octanol–water partition coefficient (Wildman–Crippen LogP) is 7.48. The molecule has 2 heterocycles.